The zero-order valence-electron chi connectivity index (χ0n) is 6.83. The molecule has 0 saturated heterocycles. The number of rotatable bonds is 6. The van der Waals surface area contributed by atoms with Gasteiger partial charge in [-0.15, -0.1) is 0 Å². The molecule has 0 unspecified atom stereocenters. The topological polar surface area (TPSA) is 95.1 Å². The van der Waals surface area contributed by atoms with Crippen LogP contribution in [0.2, 0.25) is 0 Å². The molecule has 0 rings (SSSR count). The van der Waals surface area contributed by atoms with Gasteiger partial charge in [-0.25, -0.2) is 0 Å². The smallest absolute Gasteiger partial charge is 0.0914 e. The van der Waals surface area contributed by atoms with Crippen LogP contribution in [-0.2, 0) is 4.57 Å². The van der Waals surface area contributed by atoms with E-state index in [1.165, 1.54) is 0 Å². The van der Waals surface area contributed by atoms with Crippen molar-refractivity contribution in [2.24, 2.45) is 17.2 Å². The van der Waals surface area contributed by atoms with Crippen molar-refractivity contribution < 1.29 is 4.57 Å². The van der Waals surface area contributed by atoms with E-state index in [9.17, 15) is 4.57 Å². The van der Waals surface area contributed by atoms with E-state index in [-0.39, 0.29) is 0 Å². The zero-order chi connectivity index (χ0) is 8.74. The van der Waals surface area contributed by atoms with Crippen LogP contribution < -0.4 is 17.2 Å². The van der Waals surface area contributed by atoms with E-state index in [0.717, 1.165) is 0 Å². The summed E-state index contributed by atoms with van der Waals surface area (Å²) >= 11 is 0. The van der Waals surface area contributed by atoms with E-state index >= 15 is 0 Å². The fourth-order valence-electron chi connectivity index (χ4n) is 1.04. The molecule has 0 amide bonds. The Morgan fingerprint density at radius 3 is 1.27 bits per heavy atom. The van der Waals surface area contributed by atoms with Crippen LogP contribution in [0.3, 0.4) is 0 Å². The first-order chi connectivity index (χ1) is 5.18. The first-order valence-corrected chi connectivity index (χ1v) is 6.12. The molecule has 0 bridgehead atoms. The summed E-state index contributed by atoms with van der Waals surface area (Å²) in [6.45, 7) is 1.41. The molecule has 0 aliphatic carbocycles. The Kier molecular flexibility index (Phi) is 5.78. The molecule has 0 aromatic rings. The summed E-state index contributed by atoms with van der Waals surface area (Å²) in [4.78, 5) is 0. The summed E-state index contributed by atoms with van der Waals surface area (Å²) < 4.78 is 11.8. The van der Waals surface area contributed by atoms with E-state index in [1.54, 1.807) is 0 Å². The molecule has 0 aliphatic heterocycles. The molecule has 0 aliphatic rings. The van der Waals surface area contributed by atoms with Crippen molar-refractivity contribution in [2.45, 2.75) is 0 Å². The normalized spacial score (nSPS) is 11.9. The summed E-state index contributed by atoms with van der Waals surface area (Å²) in [7, 11) is -2.09. The van der Waals surface area contributed by atoms with Gasteiger partial charge in [-0.05, 0) is 19.6 Å². The molecular formula is C6H18N3OP. The van der Waals surface area contributed by atoms with Gasteiger partial charge in [0.25, 0.3) is 0 Å². The second-order valence-electron chi connectivity index (χ2n) is 2.59. The summed E-state index contributed by atoms with van der Waals surface area (Å²) in [5.74, 6) is 0. The van der Waals surface area contributed by atoms with Gasteiger partial charge in [-0.3, -0.25) is 0 Å². The highest BCUT2D eigenvalue weighted by molar-refractivity contribution is 7.64. The van der Waals surface area contributed by atoms with Crippen LogP contribution >= 0.6 is 7.14 Å². The Balaban J connectivity index is 3.91. The highest BCUT2D eigenvalue weighted by Gasteiger charge is 2.18. The van der Waals surface area contributed by atoms with Crippen molar-refractivity contribution >= 4 is 7.14 Å². The number of hydrogen-bond acceptors (Lipinski definition) is 4. The van der Waals surface area contributed by atoms with Gasteiger partial charge < -0.3 is 21.8 Å². The lowest BCUT2D eigenvalue weighted by atomic mass is 10.8. The second kappa shape index (κ2) is 5.72. The molecule has 0 aromatic heterocycles. The highest BCUT2D eigenvalue weighted by atomic mass is 31.2. The maximum Gasteiger partial charge on any atom is 0.0914 e. The summed E-state index contributed by atoms with van der Waals surface area (Å²) in [5.41, 5.74) is 16.0. The average Bonchev–Trinajstić information content (AvgIpc) is 1.88. The number of hydrogen-bond donors (Lipinski definition) is 3. The van der Waals surface area contributed by atoms with Crippen LogP contribution in [0, 0.1) is 0 Å². The monoisotopic (exact) mass is 179 g/mol. The molecule has 0 fully saturated rings. The van der Waals surface area contributed by atoms with E-state index in [1.807, 2.05) is 0 Å². The first kappa shape index (κ1) is 11.1. The highest BCUT2D eigenvalue weighted by Crippen LogP contribution is 2.43. The minimum Gasteiger partial charge on any atom is -0.330 e. The lowest BCUT2D eigenvalue weighted by Crippen LogP contribution is -2.18. The Labute approximate surface area is 67.9 Å². The van der Waals surface area contributed by atoms with Crippen LogP contribution in [0.4, 0.5) is 0 Å². The van der Waals surface area contributed by atoms with E-state index in [2.05, 4.69) is 0 Å². The predicted octanol–water partition coefficient (Wildman–Crippen LogP) is -0.774. The zero-order valence-corrected chi connectivity index (χ0v) is 7.72. The van der Waals surface area contributed by atoms with Gasteiger partial charge in [0.15, 0.2) is 0 Å². The van der Waals surface area contributed by atoms with Crippen LogP contribution in [0.25, 0.3) is 0 Å². The quantitative estimate of drug-likeness (QED) is 0.466. The van der Waals surface area contributed by atoms with Crippen molar-refractivity contribution in [1.82, 2.24) is 0 Å². The van der Waals surface area contributed by atoms with Crippen molar-refractivity contribution in [1.29, 1.82) is 0 Å². The fraction of sp³-hybridized carbons (Fsp3) is 1.00. The molecule has 0 saturated carbocycles. The standard InChI is InChI=1S/C6H18N3OP/c7-1-4-11(10,5-2-8)6-3-9/h1-9H2. The van der Waals surface area contributed by atoms with Crippen molar-refractivity contribution in [2.75, 3.05) is 38.1 Å². The third-order valence-corrected chi connectivity index (χ3v) is 4.83. The minimum absolute atomic E-state index is 0.470. The summed E-state index contributed by atoms with van der Waals surface area (Å²) in [5, 5.41) is 0. The van der Waals surface area contributed by atoms with Crippen molar-refractivity contribution in [3.05, 3.63) is 0 Å². The van der Waals surface area contributed by atoms with Gasteiger partial charge in [0, 0.05) is 18.5 Å². The van der Waals surface area contributed by atoms with Crippen molar-refractivity contribution in [3.63, 3.8) is 0 Å². The average molecular weight is 179 g/mol. The largest absolute Gasteiger partial charge is 0.330 e. The Morgan fingerprint density at radius 2 is 1.09 bits per heavy atom. The first-order valence-electron chi connectivity index (χ1n) is 3.86. The van der Waals surface area contributed by atoms with Gasteiger partial charge in [0.05, 0.1) is 7.14 Å². The third kappa shape index (κ3) is 4.53. The Bertz CT molecular complexity index is 116. The van der Waals surface area contributed by atoms with Crippen LogP contribution in [-0.4, -0.2) is 38.1 Å². The molecule has 0 spiro atoms. The van der Waals surface area contributed by atoms with Crippen molar-refractivity contribution in [3.8, 4) is 0 Å². The molecule has 0 atom stereocenters. The summed E-state index contributed by atoms with van der Waals surface area (Å²) in [6, 6.07) is 0. The Hall–Kier alpha value is 0.110. The van der Waals surface area contributed by atoms with E-state index < -0.39 is 7.14 Å². The van der Waals surface area contributed by atoms with E-state index in [4.69, 9.17) is 17.2 Å². The maximum atomic E-state index is 11.8. The van der Waals surface area contributed by atoms with Crippen LogP contribution in [0.1, 0.15) is 0 Å². The fourth-order valence-corrected chi connectivity index (χ4v) is 3.12. The third-order valence-electron chi connectivity index (χ3n) is 1.61. The molecular weight excluding hydrogens is 161 g/mol. The van der Waals surface area contributed by atoms with Gasteiger partial charge in [0.2, 0.25) is 0 Å². The molecule has 11 heavy (non-hydrogen) atoms. The van der Waals surface area contributed by atoms with Gasteiger partial charge in [-0.1, -0.05) is 0 Å². The lowest BCUT2D eigenvalue weighted by molar-refractivity contribution is 0.574. The molecule has 6 N–H and O–H groups in total. The van der Waals surface area contributed by atoms with E-state index in [0.29, 0.717) is 38.1 Å². The van der Waals surface area contributed by atoms with Crippen LogP contribution in [0.5, 0.6) is 0 Å². The van der Waals surface area contributed by atoms with Gasteiger partial charge in [0.1, 0.15) is 0 Å². The number of nitrogens with two attached hydrogens (primary N) is 3. The Morgan fingerprint density at radius 1 is 0.818 bits per heavy atom. The molecule has 0 radical (unpaired) electrons. The molecule has 5 heteroatoms. The summed E-state index contributed by atoms with van der Waals surface area (Å²) in [6.07, 6.45) is 1.75. The molecule has 0 heterocycles. The van der Waals surface area contributed by atoms with Crippen LogP contribution in [0.15, 0.2) is 0 Å². The SMILES string of the molecule is NCCP(=O)(CCN)CCN. The maximum absolute atomic E-state index is 11.8. The molecule has 0 aromatic carbocycles. The predicted molar refractivity (Wildman–Crippen MR) is 49.4 cm³/mol. The van der Waals surface area contributed by atoms with Gasteiger partial charge in [-0.2, -0.15) is 0 Å². The molecule has 68 valence electrons. The molecule has 4 nitrogen and oxygen atoms in total. The second-order valence-corrected chi connectivity index (χ2v) is 6.05. The van der Waals surface area contributed by atoms with Gasteiger partial charge >= 0.3 is 0 Å². The minimum atomic E-state index is -2.09. The lowest BCUT2D eigenvalue weighted by Gasteiger charge is -2.14.